The van der Waals surface area contributed by atoms with Gasteiger partial charge in [0.15, 0.2) is 0 Å². The van der Waals surface area contributed by atoms with Gasteiger partial charge in [-0.1, -0.05) is 0 Å². The van der Waals surface area contributed by atoms with E-state index in [2.05, 4.69) is 0 Å². The van der Waals surface area contributed by atoms with E-state index in [1.54, 1.807) is 0 Å². The maximum atomic E-state index is 5.83. The van der Waals surface area contributed by atoms with Gasteiger partial charge in [0, 0.05) is 19.6 Å². The van der Waals surface area contributed by atoms with E-state index < -0.39 is 0 Å². The molecule has 2 aliphatic rings. The highest BCUT2D eigenvalue weighted by Gasteiger charge is 2.42. The van der Waals surface area contributed by atoms with Crippen LogP contribution in [-0.2, 0) is 9.47 Å². The van der Waals surface area contributed by atoms with Gasteiger partial charge in [0.1, 0.15) is 0 Å². The molecule has 1 aliphatic carbocycles. The fourth-order valence-electron chi connectivity index (χ4n) is 2.38. The van der Waals surface area contributed by atoms with Gasteiger partial charge in [-0.05, 0) is 38.6 Å². The second-order valence-corrected chi connectivity index (χ2v) is 4.51. The second kappa shape index (κ2) is 4.60. The average molecular weight is 199 g/mol. The zero-order valence-corrected chi connectivity index (χ0v) is 8.84. The van der Waals surface area contributed by atoms with Gasteiger partial charge in [-0.15, -0.1) is 0 Å². The molecule has 3 heteroatoms. The molecule has 0 aromatic carbocycles. The molecule has 1 atom stereocenters. The SMILES string of the molecule is NCCCOC1CCOC2(CCC2)C1. The molecule has 0 radical (unpaired) electrons. The highest BCUT2D eigenvalue weighted by atomic mass is 16.5. The molecule has 1 aliphatic heterocycles. The third-order valence-electron chi connectivity index (χ3n) is 3.41. The fraction of sp³-hybridized carbons (Fsp3) is 1.00. The van der Waals surface area contributed by atoms with Crippen LogP contribution in [0, 0.1) is 0 Å². The molecule has 1 saturated heterocycles. The van der Waals surface area contributed by atoms with Crippen LogP contribution in [-0.4, -0.2) is 31.5 Å². The van der Waals surface area contributed by atoms with Crippen molar-refractivity contribution in [3.8, 4) is 0 Å². The van der Waals surface area contributed by atoms with Gasteiger partial charge >= 0.3 is 0 Å². The van der Waals surface area contributed by atoms with E-state index >= 15 is 0 Å². The van der Waals surface area contributed by atoms with E-state index in [0.717, 1.165) is 39.0 Å². The van der Waals surface area contributed by atoms with Gasteiger partial charge in [0.25, 0.3) is 0 Å². The van der Waals surface area contributed by atoms with Crippen LogP contribution in [0.4, 0.5) is 0 Å². The normalized spacial score (nSPS) is 30.2. The standard InChI is InChI=1S/C11H21NO2/c12-6-2-7-13-10-3-8-14-11(9-10)4-1-5-11/h10H,1-9,12H2. The van der Waals surface area contributed by atoms with Gasteiger partial charge in [-0.2, -0.15) is 0 Å². The Balaban J connectivity index is 1.71. The Morgan fingerprint density at radius 1 is 1.43 bits per heavy atom. The maximum Gasteiger partial charge on any atom is 0.0707 e. The van der Waals surface area contributed by atoms with Crippen molar-refractivity contribution in [2.24, 2.45) is 5.73 Å². The number of hydrogen-bond donors (Lipinski definition) is 1. The predicted octanol–water partition coefficient (Wildman–Crippen LogP) is 1.45. The second-order valence-electron chi connectivity index (χ2n) is 4.51. The van der Waals surface area contributed by atoms with Crippen LogP contribution in [0.2, 0.25) is 0 Å². The lowest BCUT2D eigenvalue weighted by atomic mass is 9.74. The minimum Gasteiger partial charge on any atom is -0.378 e. The molecule has 1 heterocycles. The minimum atomic E-state index is 0.214. The Hall–Kier alpha value is -0.120. The number of ether oxygens (including phenoxy) is 2. The summed E-state index contributed by atoms with van der Waals surface area (Å²) in [5.41, 5.74) is 5.64. The molecule has 0 aromatic heterocycles. The first kappa shape index (κ1) is 10.4. The Morgan fingerprint density at radius 3 is 2.93 bits per heavy atom. The largest absolute Gasteiger partial charge is 0.378 e. The van der Waals surface area contributed by atoms with Crippen LogP contribution in [0.25, 0.3) is 0 Å². The van der Waals surface area contributed by atoms with E-state index in [1.165, 1.54) is 19.3 Å². The lowest BCUT2D eigenvalue weighted by Crippen LogP contribution is -2.47. The quantitative estimate of drug-likeness (QED) is 0.697. The molecule has 0 bridgehead atoms. The van der Waals surface area contributed by atoms with Crippen molar-refractivity contribution in [1.82, 2.24) is 0 Å². The smallest absolute Gasteiger partial charge is 0.0707 e. The van der Waals surface area contributed by atoms with Gasteiger partial charge in [-0.3, -0.25) is 0 Å². The van der Waals surface area contributed by atoms with Crippen molar-refractivity contribution in [3.05, 3.63) is 0 Å². The lowest BCUT2D eigenvalue weighted by molar-refractivity contribution is -0.169. The van der Waals surface area contributed by atoms with Gasteiger partial charge in [-0.25, -0.2) is 0 Å². The van der Waals surface area contributed by atoms with Gasteiger partial charge in [0.2, 0.25) is 0 Å². The Morgan fingerprint density at radius 2 is 2.29 bits per heavy atom. The summed E-state index contributed by atoms with van der Waals surface area (Å²) >= 11 is 0. The van der Waals surface area contributed by atoms with E-state index in [-0.39, 0.29) is 5.60 Å². The Labute approximate surface area is 85.9 Å². The molecule has 2 N–H and O–H groups in total. The van der Waals surface area contributed by atoms with E-state index in [1.807, 2.05) is 0 Å². The van der Waals surface area contributed by atoms with Crippen LogP contribution < -0.4 is 5.73 Å². The summed E-state index contributed by atoms with van der Waals surface area (Å²) in [6, 6.07) is 0. The molecule has 14 heavy (non-hydrogen) atoms. The summed E-state index contributed by atoms with van der Waals surface area (Å²) in [5.74, 6) is 0. The molecule has 82 valence electrons. The molecular formula is C11H21NO2. The number of hydrogen-bond acceptors (Lipinski definition) is 3. The van der Waals surface area contributed by atoms with Crippen molar-refractivity contribution in [2.75, 3.05) is 19.8 Å². The van der Waals surface area contributed by atoms with Crippen LogP contribution in [0.5, 0.6) is 0 Å². The summed E-state index contributed by atoms with van der Waals surface area (Å²) in [4.78, 5) is 0. The van der Waals surface area contributed by atoms with E-state index in [0.29, 0.717) is 6.10 Å². The number of rotatable bonds is 4. The monoisotopic (exact) mass is 199 g/mol. The van der Waals surface area contributed by atoms with Crippen molar-refractivity contribution >= 4 is 0 Å². The van der Waals surface area contributed by atoms with Crippen molar-refractivity contribution in [1.29, 1.82) is 0 Å². The van der Waals surface area contributed by atoms with Crippen molar-refractivity contribution in [3.63, 3.8) is 0 Å². The maximum absolute atomic E-state index is 5.83. The summed E-state index contributed by atoms with van der Waals surface area (Å²) in [6.45, 7) is 2.43. The third kappa shape index (κ3) is 2.27. The summed E-state index contributed by atoms with van der Waals surface area (Å²) in [5, 5.41) is 0. The highest BCUT2D eigenvalue weighted by molar-refractivity contribution is 4.94. The van der Waals surface area contributed by atoms with E-state index in [9.17, 15) is 0 Å². The molecule has 2 fully saturated rings. The van der Waals surface area contributed by atoms with Gasteiger partial charge < -0.3 is 15.2 Å². The van der Waals surface area contributed by atoms with E-state index in [4.69, 9.17) is 15.2 Å². The van der Waals surface area contributed by atoms with Crippen molar-refractivity contribution < 1.29 is 9.47 Å². The molecular weight excluding hydrogens is 178 g/mol. The zero-order chi connectivity index (χ0) is 9.86. The van der Waals surface area contributed by atoms with Crippen molar-refractivity contribution in [2.45, 2.75) is 50.2 Å². The first-order chi connectivity index (χ1) is 6.85. The predicted molar refractivity (Wildman–Crippen MR) is 55.2 cm³/mol. The summed E-state index contributed by atoms with van der Waals surface area (Å²) in [6.07, 6.45) is 7.38. The van der Waals surface area contributed by atoms with Crippen LogP contribution in [0.1, 0.15) is 38.5 Å². The first-order valence-corrected chi connectivity index (χ1v) is 5.80. The molecule has 0 aromatic rings. The molecule has 0 amide bonds. The van der Waals surface area contributed by atoms with Crippen LogP contribution >= 0.6 is 0 Å². The molecule has 1 saturated carbocycles. The topological polar surface area (TPSA) is 44.5 Å². The minimum absolute atomic E-state index is 0.214. The van der Waals surface area contributed by atoms with Crippen LogP contribution in [0.15, 0.2) is 0 Å². The van der Waals surface area contributed by atoms with Gasteiger partial charge in [0.05, 0.1) is 11.7 Å². The molecule has 2 rings (SSSR count). The Kier molecular flexibility index (Phi) is 3.42. The third-order valence-corrected chi connectivity index (χ3v) is 3.41. The Bertz CT molecular complexity index is 180. The fourth-order valence-corrected chi connectivity index (χ4v) is 2.38. The zero-order valence-electron chi connectivity index (χ0n) is 8.84. The first-order valence-electron chi connectivity index (χ1n) is 5.80. The summed E-state index contributed by atoms with van der Waals surface area (Å²) < 4.78 is 11.6. The molecule has 3 nitrogen and oxygen atoms in total. The lowest BCUT2D eigenvalue weighted by Gasteiger charge is -2.47. The average Bonchev–Trinajstić information content (AvgIpc) is 2.17. The highest BCUT2D eigenvalue weighted by Crippen LogP contribution is 2.42. The number of nitrogens with two attached hydrogens (primary N) is 1. The molecule has 1 spiro atoms. The summed E-state index contributed by atoms with van der Waals surface area (Å²) in [7, 11) is 0. The molecule has 1 unspecified atom stereocenters. The van der Waals surface area contributed by atoms with Crippen LogP contribution in [0.3, 0.4) is 0 Å².